The molecule has 3 rings (SSSR count). The molecule has 3 N–H and O–H groups in total. The Morgan fingerprint density at radius 1 is 0.792 bits per heavy atom. The summed E-state index contributed by atoms with van der Waals surface area (Å²) in [6, 6.07) is 27.5. The lowest BCUT2D eigenvalue weighted by atomic mass is 9.88. The van der Waals surface area contributed by atoms with Crippen molar-refractivity contribution in [3.63, 3.8) is 0 Å². The first-order chi connectivity index (χ1) is 11.7. The van der Waals surface area contributed by atoms with Crippen LogP contribution in [0.25, 0.3) is 0 Å². The van der Waals surface area contributed by atoms with Gasteiger partial charge in [-0.05, 0) is 23.3 Å². The van der Waals surface area contributed by atoms with Crippen molar-refractivity contribution in [1.82, 2.24) is 0 Å². The van der Waals surface area contributed by atoms with E-state index in [2.05, 4.69) is 29.6 Å². The molecule has 0 heterocycles. The topological polar surface area (TPSA) is 55.1 Å². The van der Waals surface area contributed by atoms with Crippen molar-refractivity contribution in [2.75, 3.05) is 11.1 Å². The van der Waals surface area contributed by atoms with Gasteiger partial charge in [-0.1, -0.05) is 72.8 Å². The fourth-order valence-corrected chi connectivity index (χ4v) is 2.80. The minimum atomic E-state index is -0.0504. The van der Waals surface area contributed by atoms with E-state index in [0.29, 0.717) is 17.8 Å². The van der Waals surface area contributed by atoms with Crippen LogP contribution in [0.5, 0.6) is 0 Å². The maximum Gasteiger partial charge on any atom is 0.225 e. The average Bonchev–Trinajstić information content (AvgIpc) is 2.63. The van der Waals surface area contributed by atoms with Gasteiger partial charge in [0, 0.05) is 12.3 Å². The van der Waals surface area contributed by atoms with Crippen molar-refractivity contribution in [3.8, 4) is 0 Å². The molecule has 3 aromatic rings. The summed E-state index contributed by atoms with van der Waals surface area (Å²) in [6.45, 7) is 0. The quantitative estimate of drug-likeness (QED) is 0.684. The van der Waals surface area contributed by atoms with Gasteiger partial charge in [0.05, 0.1) is 11.4 Å². The lowest BCUT2D eigenvalue weighted by Crippen LogP contribution is -2.17. The molecule has 1 amide bonds. The fraction of sp³-hybridized carbons (Fsp3) is 0.0952. The molecule has 0 radical (unpaired) electrons. The van der Waals surface area contributed by atoms with Crippen molar-refractivity contribution in [3.05, 3.63) is 96.1 Å². The average molecular weight is 316 g/mol. The van der Waals surface area contributed by atoms with E-state index >= 15 is 0 Å². The lowest BCUT2D eigenvalue weighted by molar-refractivity contribution is -0.116. The van der Waals surface area contributed by atoms with Gasteiger partial charge in [0.2, 0.25) is 5.91 Å². The third-order valence-electron chi connectivity index (χ3n) is 4.03. The molecule has 3 nitrogen and oxygen atoms in total. The molecule has 0 aliphatic carbocycles. The first-order valence-corrected chi connectivity index (χ1v) is 7.98. The molecule has 24 heavy (non-hydrogen) atoms. The molecule has 0 atom stereocenters. The smallest absolute Gasteiger partial charge is 0.225 e. The zero-order chi connectivity index (χ0) is 16.8. The highest BCUT2D eigenvalue weighted by atomic mass is 16.1. The lowest BCUT2D eigenvalue weighted by Gasteiger charge is -2.18. The van der Waals surface area contributed by atoms with Crippen molar-refractivity contribution in [1.29, 1.82) is 0 Å². The number of anilines is 2. The number of rotatable bonds is 5. The highest BCUT2D eigenvalue weighted by Gasteiger charge is 2.18. The summed E-state index contributed by atoms with van der Waals surface area (Å²) in [5.74, 6) is -0.0389. The number of amides is 1. The van der Waals surface area contributed by atoms with E-state index < -0.39 is 0 Å². The fourth-order valence-electron chi connectivity index (χ4n) is 2.80. The number of nitrogen functional groups attached to an aromatic ring is 1. The van der Waals surface area contributed by atoms with Crippen molar-refractivity contribution < 1.29 is 4.79 Å². The standard InChI is InChI=1S/C21H20N2O/c22-19-13-7-8-14-20(19)23-21(24)15-18(16-9-3-1-4-10-16)17-11-5-2-6-12-17/h1-14,18H,15,22H2,(H,23,24). The molecule has 0 unspecified atom stereocenters. The Balaban J connectivity index is 1.82. The molecule has 120 valence electrons. The Morgan fingerprint density at radius 2 is 1.29 bits per heavy atom. The van der Waals surface area contributed by atoms with Crippen LogP contribution in [0.4, 0.5) is 11.4 Å². The molecule has 0 aliphatic rings. The van der Waals surface area contributed by atoms with Crippen LogP contribution in [-0.4, -0.2) is 5.91 Å². The third-order valence-corrected chi connectivity index (χ3v) is 4.03. The first kappa shape index (κ1) is 15.8. The summed E-state index contributed by atoms with van der Waals surface area (Å²) in [4.78, 5) is 12.6. The van der Waals surface area contributed by atoms with Gasteiger partial charge in [-0.2, -0.15) is 0 Å². The summed E-state index contributed by atoms with van der Waals surface area (Å²) in [5.41, 5.74) is 9.38. The maximum atomic E-state index is 12.6. The first-order valence-electron chi connectivity index (χ1n) is 7.98. The number of carbonyl (C=O) groups excluding carboxylic acids is 1. The zero-order valence-corrected chi connectivity index (χ0v) is 13.4. The Morgan fingerprint density at radius 3 is 1.83 bits per heavy atom. The molecular weight excluding hydrogens is 296 g/mol. The highest BCUT2D eigenvalue weighted by molar-refractivity contribution is 5.94. The predicted octanol–water partition coefficient (Wildman–Crippen LogP) is 4.43. The normalized spacial score (nSPS) is 10.5. The maximum absolute atomic E-state index is 12.6. The van der Waals surface area contributed by atoms with Crippen LogP contribution >= 0.6 is 0 Å². The second kappa shape index (κ2) is 7.47. The van der Waals surface area contributed by atoms with Gasteiger partial charge < -0.3 is 11.1 Å². The van der Waals surface area contributed by atoms with E-state index in [0.717, 1.165) is 11.1 Å². The van der Waals surface area contributed by atoms with E-state index in [-0.39, 0.29) is 11.8 Å². The van der Waals surface area contributed by atoms with E-state index in [1.54, 1.807) is 6.07 Å². The largest absolute Gasteiger partial charge is 0.397 e. The number of nitrogens with one attached hydrogen (secondary N) is 1. The summed E-state index contributed by atoms with van der Waals surface area (Å²) < 4.78 is 0. The Hall–Kier alpha value is -3.07. The van der Waals surface area contributed by atoms with Crippen LogP contribution in [-0.2, 0) is 4.79 Å². The number of carbonyl (C=O) groups is 1. The van der Waals surface area contributed by atoms with Crippen LogP contribution in [0.1, 0.15) is 23.5 Å². The van der Waals surface area contributed by atoms with Crippen LogP contribution in [0.15, 0.2) is 84.9 Å². The van der Waals surface area contributed by atoms with Crippen molar-refractivity contribution >= 4 is 17.3 Å². The molecule has 0 saturated heterocycles. The van der Waals surface area contributed by atoms with Gasteiger partial charge >= 0.3 is 0 Å². The molecule has 0 saturated carbocycles. The second-order valence-corrected chi connectivity index (χ2v) is 5.71. The third kappa shape index (κ3) is 3.82. The summed E-state index contributed by atoms with van der Waals surface area (Å²) in [7, 11) is 0. The Bertz CT molecular complexity index is 761. The van der Waals surface area contributed by atoms with Gasteiger partial charge in [0.25, 0.3) is 0 Å². The van der Waals surface area contributed by atoms with Gasteiger partial charge in [0.1, 0.15) is 0 Å². The molecule has 0 bridgehead atoms. The zero-order valence-electron chi connectivity index (χ0n) is 13.4. The number of hydrogen-bond donors (Lipinski definition) is 2. The molecule has 3 aromatic carbocycles. The number of benzene rings is 3. The monoisotopic (exact) mass is 316 g/mol. The predicted molar refractivity (Wildman–Crippen MR) is 98.8 cm³/mol. The minimum absolute atomic E-state index is 0.0114. The number of hydrogen-bond acceptors (Lipinski definition) is 2. The van der Waals surface area contributed by atoms with Crippen LogP contribution in [0, 0.1) is 0 Å². The molecular formula is C21H20N2O. The summed E-state index contributed by atoms with van der Waals surface area (Å²) in [6.07, 6.45) is 0.363. The SMILES string of the molecule is Nc1ccccc1NC(=O)CC(c1ccccc1)c1ccccc1. The van der Waals surface area contributed by atoms with Crippen LogP contribution in [0.3, 0.4) is 0 Å². The molecule has 0 fully saturated rings. The summed E-state index contributed by atoms with van der Waals surface area (Å²) >= 11 is 0. The Labute approximate surface area is 142 Å². The second-order valence-electron chi connectivity index (χ2n) is 5.71. The van der Waals surface area contributed by atoms with Gasteiger partial charge in [0.15, 0.2) is 0 Å². The van der Waals surface area contributed by atoms with Crippen molar-refractivity contribution in [2.45, 2.75) is 12.3 Å². The molecule has 0 aromatic heterocycles. The summed E-state index contributed by atoms with van der Waals surface area (Å²) in [5, 5.41) is 2.92. The van der Waals surface area contributed by atoms with E-state index in [1.807, 2.05) is 54.6 Å². The van der Waals surface area contributed by atoms with E-state index in [4.69, 9.17) is 5.73 Å². The van der Waals surface area contributed by atoms with Gasteiger partial charge in [-0.15, -0.1) is 0 Å². The van der Waals surface area contributed by atoms with E-state index in [1.165, 1.54) is 0 Å². The number of nitrogens with two attached hydrogens (primary N) is 1. The van der Waals surface area contributed by atoms with E-state index in [9.17, 15) is 4.79 Å². The highest BCUT2D eigenvalue weighted by Crippen LogP contribution is 2.28. The molecule has 0 aliphatic heterocycles. The van der Waals surface area contributed by atoms with Crippen LogP contribution < -0.4 is 11.1 Å². The van der Waals surface area contributed by atoms with Crippen molar-refractivity contribution in [2.24, 2.45) is 0 Å². The molecule has 0 spiro atoms. The molecule has 3 heteroatoms. The number of para-hydroxylation sites is 2. The Kier molecular flexibility index (Phi) is 4.92. The minimum Gasteiger partial charge on any atom is -0.397 e. The van der Waals surface area contributed by atoms with Gasteiger partial charge in [-0.3, -0.25) is 4.79 Å². The van der Waals surface area contributed by atoms with Gasteiger partial charge in [-0.25, -0.2) is 0 Å². The van der Waals surface area contributed by atoms with Crippen LogP contribution in [0.2, 0.25) is 0 Å².